The molecule has 0 N–H and O–H groups in total. The molecule has 0 saturated carbocycles. The summed E-state index contributed by atoms with van der Waals surface area (Å²) in [6.07, 6.45) is 8.74. The van der Waals surface area contributed by atoms with Gasteiger partial charge in [-0.25, -0.2) is 0 Å². The molecule has 0 aromatic carbocycles. The van der Waals surface area contributed by atoms with Gasteiger partial charge in [0.05, 0.1) is 17.7 Å². The molecule has 2 saturated heterocycles. The van der Waals surface area contributed by atoms with Gasteiger partial charge in [0.25, 0.3) is 0 Å². The van der Waals surface area contributed by atoms with Crippen LogP contribution in [0.3, 0.4) is 0 Å². The van der Waals surface area contributed by atoms with Gasteiger partial charge in [-0.1, -0.05) is 11.6 Å². The molecule has 25 heavy (non-hydrogen) atoms. The van der Waals surface area contributed by atoms with Crippen LogP contribution in [0.25, 0.3) is 0 Å². The Morgan fingerprint density at radius 2 is 1.96 bits per heavy atom. The summed E-state index contributed by atoms with van der Waals surface area (Å²) in [6.45, 7) is 5.72. The molecule has 2 aromatic rings. The third-order valence-corrected chi connectivity index (χ3v) is 5.29. The molecule has 0 bridgehead atoms. The van der Waals surface area contributed by atoms with E-state index in [1.54, 1.807) is 6.20 Å². The average molecular weight is 359 g/mol. The van der Waals surface area contributed by atoms with E-state index in [2.05, 4.69) is 31.9 Å². The van der Waals surface area contributed by atoms with E-state index in [0.29, 0.717) is 17.2 Å². The summed E-state index contributed by atoms with van der Waals surface area (Å²) in [4.78, 5) is 13.4. The van der Waals surface area contributed by atoms with Crippen LogP contribution in [-0.2, 0) is 17.8 Å². The summed E-state index contributed by atoms with van der Waals surface area (Å²) in [7, 11) is 0. The monoisotopic (exact) mass is 358 g/mol. The van der Waals surface area contributed by atoms with Crippen molar-refractivity contribution >= 4 is 11.6 Å². The second kappa shape index (κ2) is 7.79. The van der Waals surface area contributed by atoms with Crippen molar-refractivity contribution in [3.63, 3.8) is 0 Å². The quantitative estimate of drug-likeness (QED) is 0.840. The topological polar surface area (TPSA) is 41.5 Å². The van der Waals surface area contributed by atoms with Crippen molar-refractivity contribution in [2.45, 2.75) is 31.7 Å². The standard InChI is InChI=1S/C19H23ClN4O/c20-17-9-16(10-22-11-17)12-23-6-3-19-18(14-23)24(7-8-25-19)13-15-1-4-21-5-2-15/h1-2,4-5,9-11,18-19H,3,6-8,12-14H2/t18-,19-/m1/s1. The number of rotatable bonds is 4. The zero-order valence-electron chi connectivity index (χ0n) is 14.2. The highest BCUT2D eigenvalue weighted by Gasteiger charge is 2.36. The first-order valence-electron chi connectivity index (χ1n) is 8.84. The van der Waals surface area contributed by atoms with Crippen molar-refractivity contribution < 1.29 is 4.74 Å². The molecule has 0 spiro atoms. The number of halogens is 1. The van der Waals surface area contributed by atoms with Crippen molar-refractivity contribution in [3.05, 3.63) is 59.1 Å². The van der Waals surface area contributed by atoms with Gasteiger partial charge in [0.2, 0.25) is 0 Å². The molecule has 4 rings (SSSR count). The lowest BCUT2D eigenvalue weighted by Crippen LogP contribution is -2.59. The Morgan fingerprint density at radius 3 is 2.80 bits per heavy atom. The zero-order chi connectivity index (χ0) is 17.1. The first-order chi connectivity index (χ1) is 12.3. The third-order valence-electron chi connectivity index (χ3n) is 5.09. The van der Waals surface area contributed by atoms with Gasteiger partial charge < -0.3 is 4.74 Å². The Bertz CT molecular complexity index is 699. The van der Waals surface area contributed by atoms with Crippen molar-refractivity contribution in [3.8, 4) is 0 Å². The van der Waals surface area contributed by atoms with Crippen molar-refractivity contribution in [1.82, 2.24) is 19.8 Å². The van der Waals surface area contributed by atoms with Gasteiger partial charge in [0.15, 0.2) is 0 Å². The number of hydrogen-bond donors (Lipinski definition) is 0. The first kappa shape index (κ1) is 16.9. The third kappa shape index (κ3) is 4.18. The molecule has 2 aromatic heterocycles. The smallest absolute Gasteiger partial charge is 0.0755 e. The molecule has 0 aliphatic carbocycles. The molecular formula is C19H23ClN4O. The number of pyridine rings is 2. The predicted octanol–water partition coefficient (Wildman–Crippen LogP) is 2.61. The zero-order valence-corrected chi connectivity index (χ0v) is 15.0. The van der Waals surface area contributed by atoms with Crippen LogP contribution in [0.2, 0.25) is 5.02 Å². The Morgan fingerprint density at radius 1 is 1.08 bits per heavy atom. The molecule has 132 valence electrons. The van der Waals surface area contributed by atoms with Crippen molar-refractivity contribution in [2.75, 3.05) is 26.2 Å². The molecular weight excluding hydrogens is 336 g/mol. The van der Waals surface area contributed by atoms with Crippen LogP contribution >= 0.6 is 11.6 Å². The van der Waals surface area contributed by atoms with Gasteiger partial charge in [-0.3, -0.25) is 19.8 Å². The van der Waals surface area contributed by atoms with Crippen molar-refractivity contribution in [2.24, 2.45) is 0 Å². The van der Waals surface area contributed by atoms with Gasteiger partial charge in [-0.2, -0.15) is 0 Å². The number of fused-ring (bicyclic) bond motifs is 1. The minimum atomic E-state index is 0.337. The van der Waals surface area contributed by atoms with Gasteiger partial charge in [-0.05, 0) is 35.7 Å². The molecule has 0 unspecified atom stereocenters. The minimum Gasteiger partial charge on any atom is -0.375 e. The normalized spacial score (nSPS) is 24.8. The maximum absolute atomic E-state index is 6.07. The molecule has 4 heterocycles. The lowest BCUT2D eigenvalue weighted by atomic mass is 9.97. The number of nitrogens with zero attached hydrogens (tertiary/aromatic N) is 4. The van der Waals surface area contributed by atoms with Crippen LogP contribution in [0, 0.1) is 0 Å². The van der Waals surface area contributed by atoms with Crippen LogP contribution in [0.15, 0.2) is 43.0 Å². The van der Waals surface area contributed by atoms with E-state index in [-0.39, 0.29) is 0 Å². The van der Waals surface area contributed by atoms with E-state index in [9.17, 15) is 0 Å². The fraction of sp³-hybridized carbons (Fsp3) is 0.474. The van der Waals surface area contributed by atoms with Crippen molar-refractivity contribution in [1.29, 1.82) is 0 Å². The Labute approximate surface area is 153 Å². The largest absolute Gasteiger partial charge is 0.375 e. The summed E-state index contributed by atoms with van der Waals surface area (Å²) >= 11 is 6.07. The summed E-state index contributed by atoms with van der Waals surface area (Å²) in [5.74, 6) is 0. The number of morpholine rings is 1. The van der Waals surface area contributed by atoms with Gasteiger partial charge in [0, 0.05) is 63.6 Å². The Kier molecular flexibility index (Phi) is 5.27. The van der Waals surface area contributed by atoms with Crippen LogP contribution in [0.5, 0.6) is 0 Å². The molecule has 2 aliphatic heterocycles. The van der Waals surface area contributed by atoms with E-state index in [1.165, 1.54) is 11.1 Å². The Hall–Kier alpha value is -1.53. The maximum Gasteiger partial charge on any atom is 0.0755 e. The first-order valence-corrected chi connectivity index (χ1v) is 9.22. The lowest BCUT2D eigenvalue weighted by molar-refractivity contribution is -0.107. The van der Waals surface area contributed by atoms with E-state index >= 15 is 0 Å². The predicted molar refractivity (Wildman–Crippen MR) is 97.3 cm³/mol. The SMILES string of the molecule is Clc1cncc(CN2CC[C@H]3OCCN(Cc4ccncc4)[C@@H]3C2)c1. The number of aromatic nitrogens is 2. The Balaban J connectivity index is 1.43. The van der Waals surface area contributed by atoms with E-state index < -0.39 is 0 Å². The van der Waals surface area contributed by atoms with Crippen LogP contribution < -0.4 is 0 Å². The average Bonchev–Trinajstić information content (AvgIpc) is 2.63. The van der Waals surface area contributed by atoms with Crippen LogP contribution in [0.4, 0.5) is 0 Å². The second-order valence-electron chi connectivity index (χ2n) is 6.84. The summed E-state index contributed by atoms with van der Waals surface area (Å²) in [5.41, 5.74) is 2.48. The highest BCUT2D eigenvalue weighted by molar-refractivity contribution is 6.30. The fourth-order valence-electron chi connectivity index (χ4n) is 3.87. The molecule has 0 radical (unpaired) electrons. The number of hydrogen-bond acceptors (Lipinski definition) is 5. The maximum atomic E-state index is 6.07. The lowest BCUT2D eigenvalue weighted by Gasteiger charge is -2.47. The molecule has 2 fully saturated rings. The van der Waals surface area contributed by atoms with E-state index in [0.717, 1.165) is 45.8 Å². The summed E-state index contributed by atoms with van der Waals surface area (Å²) in [6, 6.07) is 6.64. The summed E-state index contributed by atoms with van der Waals surface area (Å²) < 4.78 is 6.05. The molecule has 5 nitrogen and oxygen atoms in total. The highest BCUT2D eigenvalue weighted by atomic mass is 35.5. The van der Waals surface area contributed by atoms with Crippen LogP contribution in [-0.4, -0.2) is 58.2 Å². The van der Waals surface area contributed by atoms with Crippen LogP contribution in [0.1, 0.15) is 17.5 Å². The number of piperidine rings is 1. The van der Waals surface area contributed by atoms with Gasteiger partial charge >= 0.3 is 0 Å². The summed E-state index contributed by atoms with van der Waals surface area (Å²) in [5, 5.41) is 0.702. The number of ether oxygens (including phenoxy) is 1. The van der Waals surface area contributed by atoms with Gasteiger partial charge in [-0.15, -0.1) is 0 Å². The molecule has 2 atom stereocenters. The molecule has 6 heteroatoms. The van der Waals surface area contributed by atoms with E-state index in [1.807, 2.05) is 24.7 Å². The van der Waals surface area contributed by atoms with Gasteiger partial charge in [0.1, 0.15) is 0 Å². The fourth-order valence-corrected chi connectivity index (χ4v) is 4.07. The second-order valence-corrected chi connectivity index (χ2v) is 7.27. The highest BCUT2D eigenvalue weighted by Crippen LogP contribution is 2.25. The van der Waals surface area contributed by atoms with E-state index in [4.69, 9.17) is 16.3 Å². The molecule has 0 amide bonds. The minimum absolute atomic E-state index is 0.337. The number of likely N-dealkylation sites (tertiary alicyclic amines) is 1. The molecule has 2 aliphatic rings.